The predicted molar refractivity (Wildman–Crippen MR) is 90.2 cm³/mol. The molecule has 2 fully saturated rings. The zero-order valence-corrected chi connectivity index (χ0v) is 14.7. The molecule has 1 aromatic carbocycles. The Labute approximate surface area is 143 Å². The molecule has 0 radical (unpaired) electrons. The van der Waals surface area contributed by atoms with Crippen molar-refractivity contribution < 1.29 is 18.3 Å². The number of rotatable bonds is 4. The van der Waals surface area contributed by atoms with E-state index in [2.05, 4.69) is 6.92 Å². The van der Waals surface area contributed by atoms with Crippen molar-refractivity contribution in [2.75, 3.05) is 13.2 Å². The van der Waals surface area contributed by atoms with Gasteiger partial charge in [-0.3, -0.25) is 0 Å². The smallest absolute Gasteiger partial charge is 0.200 e. The number of hydrogen-bond donors (Lipinski definition) is 0. The zero-order chi connectivity index (χ0) is 17.1. The third kappa shape index (κ3) is 4.08. The zero-order valence-electron chi connectivity index (χ0n) is 14.7. The van der Waals surface area contributed by atoms with Crippen molar-refractivity contribution in [3.8, 4) is 5.75 Å². The minimum atomic E-state index is -0.888. The summed E-state index contributed by atoms with van der Waals surface area (Å²) in [4.78, 5) is 0. The number of benzene rings is 1. The van der Waals surface area contributed by atoms with Gasteiger partial charge in [-0.25, -0.2) is 4.39 Å². The van der Waals surface area contributed by atoms with E-state index >= 15 is 0 Å². The fraction of sp³-hybridized carbons (Fsp3) is 0.700. The monoisotopic (exact) mass is 338 g/mol. The maximum atomic E-state index is 13.8. The molecule has 3 rings (SSSR count). The van der Waals surface area contributed by atoms with Crippen molar-refractivity contribution in [2.45, 2.75) is 58.5 Å². The van der Waals surface area contributed by atoms with Crippen molar-refractivity contribution in [2.24, 2.45) is 17.8 Å². The first kappa shape index (κ1) is 17.7. The molecule has 4 heteroatoms. The van der Waals surface area contributed by atoms with Crippen LogP contribution in [0, 0.1) is 36.3 Å². The van der Waals surface area contributed by atoms with Crippen LogP contribution in [0.1, 0.15) is 51.0 Å². The molecule has 0 spiro atoms. The van der Waals surface area contributed by atoms with Crippen LogP contribution in [-0.2, 0) is 4.74 Å². The molecule has 1 saturated carbocycles. The summed E-state index contributed by atoms with van der Waals surface area (Å²) >= 11 is 0. The van der Waals surface area contributed by atoms with Gasteiger partial charge in [0.05, 0.1) is 19.3 Å². The van der Waals surface area contributed by atoms with Crippen LogP contribution in [0.15, 0.2) is 12.1 Å². The molecule has 1 heterocycles. The predicted octanol–water partition coefficient (Wildman–Crippen LogP) is 5.27. The van der Waals surface area contributed by atoms with Crippen molar-refractivity contribution in [3.05, 3.63) is 29.3 Å². The number of ether oxygens (including phenoxy) is 2. The second kappa shape index (κ2) is 7.81. The number of aryl methyl sites for hydroxylation is 1. The molecule has 1 aliphatic heterocycles. The van der Waals surface area contributed by atoms with Gasteiger partial charge in [-0.05, 0) is 56.1 Å². The van der Waals surface area contributed by atoms with Crippen LogP contribution in [0.2, 0.25) is 0 Å². The molecule has 2 atom stereocenters. The standard InChI is InChI=1S/C20H28F2O2/c1-13-3-7-16(8-4-13)17-10-6-15(11-23-17)12-24-18-9-5-14(2)19(21)20(18)22/h5,9,13,15-17H,3-4,6-8,10-12H2,1-2H3/t13?,15-,16?,17?/m1/s1. The molecule has 0 bridgehead atoms. The highest BCUT2D eigenvalue weighted by atomic mass is 19.2. The topological polar surface area (TPSA) is 18.5 Å². The quantitative estimate of drug-likeness (QED) is 0.744. The SMILES string of the molecule is Cc1ccc(OC[C@@H]2CCC(C3CCC(C)CC3)OC2)c(F)c1F. The second-order valence-corrected chi connectivity index (χ2v) is 7.65. The lowest BCUT2D eigenvalue weighted by Gasteiger charge is -2.37. The lowest BCUT2D eigenvalue weighted by molar-refractivity contribution is -0.0649. The van der Waals surface area contributed by atoms with Gasteiger partial charge in [-0.15, -0.1) is 0 Å². The largest absolute Gasteiger partial charge is 0.490 e. The van der Waals surface area contributed by atoms with Crippen LogP contribution in [0.5, 0.6) is 5.75 Å². The van der Waals surface area contributed by atoms with E-state index in [0.717, 1.165) is 18.8 Å². The minimum absolute atomic E-state index is 0.00138. The summed E-state index contributed by atoms with van der Waals surface area (Å²) in [5.74, 6) is 0.108. The summed E-state index contributed by atoms with van der Waals surface area (Å²) in [6.45, 7) is 4.92. The van der Waals surface area contributed by atoms with Gasteiger partial charge in [0.15, 0.2) is 11.6 Å². The first-order valence-corrected chi connectivity index (χ1v) is 9.23. The molecule has 1 saturated heterocycles. The van der Waals surface area contributed by atoms with E-state index in [9.17, 15) is 8.78 Å². The normalized spacial score (nSPS) is 31.0. The fourth-order valence-corrected chi connectivity index (χ4v) is 3.93. The Morgan fingerprint density at radius 2 is 1.79 bits per heavy atom. The van der Waals surface area contributed by atoms with E-state index in [0.29, 0.717) is 30.8 Å². The lowest BCUT2D eigenvalue weighted by atomic mass is 9.78. The molecule has 0 aromatic heterocycles. The summed E-state index contributed by atoms with van der Waals surface area (Å²) in [6.07, 6.45) is 7.65. The average Bonchev–Trinajstić information content (AvgIpc) is 2.60. The van der Waals surface area contributed by atoms with Crippen LogP contribution in [0.4, 0.5) is 8.78 Å². The van der Waals surface area contributed by atoms with Crippen molar-refractivity contribution >= 4 is 0 Å². The Morgan fingerprint density at radius 3 is 2.46 bits per heavy atom. The van der Waals surface area contributed by atoms with Crippen LogP contribution < -0.4 is 4.74 Å². The summed E-state index contributed by atoms with van der Waals surface area (Å²) < 4.78 is 39.0. The molecule has 0 N–H and O–H groups in total. The van der Waals surface area contributed by atoms with Gasteiger partial charge in [-0.1, -0.05) is 25.8 Å². The molecule has 1 aliphatic carbocycles. The Balaban J connectivity index is 1.45. The van der Waals surface area contributed by atoms with E-state index in [4.69, 9.17) is 9.47 Å². The van der Waals surface area contributed by atoms with Crippen LogP contribution >= 0.6 is 0 Å². The van der Waals surface area contributed by atoms with E-state index in [1.807, 2.05) is 0 Å². The molecule has 0 amide bonds. The second-order valence-electron chi connectivity index (χ2n) is 7.65. The molecule has 2 nitrogen and oxygen atoms in total. The summed E-state index contributed by atoms with van der Waals surface area (Å²) in [5.41, 5.74) is 0.297. The van der Waals surface area contributed by atoms with Gasteiger partial charge < -0.3 is 9.47 Å². The third-order valence-corrected chi connectivity index (χ3v) is 5.71. The maximum absolute atomic E-state index is 13.8. The van der Waals surface area contributed by atoms with Gasteiger partial charge in [0.25, 0.3) is 0 Å². The van der Waals surface area contributed by atoms with Crippen molar-refractivity contribution in [1.29, 1.82) is 0 Å². The molecule has 1 aromatic rings. The highest BCUT2D eigenvalue weighted by molar-refractivity contribution is 5.30. The van der Waals surface area contributed by atoms with Gasteiger partial charge in [0.2, 0.25) is 5.82 Å². The molecular weight excluding hydrogens is 310 g/mol. The fourth-order valence-electron chi connectivity index (χ4n) is 3.93. The number of hydrogen-bond acceptors (Lipinski definition) is 2. The Bertz CT molecular complexity index is 545. The summed E-state index contributed by atoms with van der Waals surface area (Å²) in [7, 11) is 0. The van der Waals surface area contributed by atoms with Crippen molar-refractivity contribution in [3.63, 3.8) is 0 Å². The Morgan fingerprint density at radius 1 is 1.04 bits per heavy atom. The third-order valence-electron chi connectivity index (χ3n) is 5.71. The van der Waals surface area contributed by atoms with Crippen LogP contribution in [-0.4, -0.2) is 19.3 Å². The average molecular weight is 338 g/mol. The van der Waals surface area contributed by atoms with E-state index in [-0.39, 0.29) is 11.7 Å². The van der Waals surface area contributed by atoms with Gasteiger partial charge in [-0.2, -0.15) is 4.39 Å². The highest BCUT2D eigenvalue weighted by Gasteiger charge is 2.31. The molecule has 2 aliphatic rings. The lowest BCUT2D eigenvalue weighted by Crippen LogP contribution is -2.35. The summed E-state index contributed by atoms with van der Waals surface area (Å²) in [5, 5.41) is 0. The van der Waals surface area contributed by atoms with Crippen LogP contribution in [0.25, 0.3) is 0 Å². The molecule has 1 unspecified atom stereocenters. The summed E-state index contributed by atoms with van der Waals surface area (Å²) in [6, 6.07) is 3.05. The van der Waals surface area contributed by atoms with E-state index in [1.54, 1.807) is 13.0 Å². The van der Waals surface area contributed by atoms with Gasteiger partial charge in [0.1, 0.15) is 0 Å². The van der Waals surface area contributed by atoms with Gasteiger partial charge in [0, 0.05) is 5.92 Å². The number of halogens is 2. The van der Waals surface area contributed by atoms with Crippen LogP contribution in [0.3, 0.4) is 0 Å². The Hall–Kier alpha value is -1.16. The Kier molecular flexibility index (Phi) is 5.75. The molecule has 24 heavy (non-hydrogen) atoms. The minimum Gasteiger partial charge on any atom is -0.490 e. The highest BCUT2D eigenvalue weighted by Crippen LogP contribution is 2.35. The first-order valence-electron chi connectivity index (χ1n) is 9.23. The maximum Gasteiger partial charge on any atom is 0.200 e. The van der Waals surface area contributed by atoms with Gasteiger partial charge >= 0.3 is 0 Å². The molecule has 134 valence electrons. The van der Waals surface area contributed by atoms with E-state index in [1.165, 1.54) is 31.7 Å². The van der Waals surface area contributed by atoms with Crippen molar-refractivity contribution in [1.82, 2.24) is 0 Å². The van der Waals surface area contributed by atoms with E-state index < -0.39 is 11.6 Å². The first-order chi connectivity index (χ1) is 11.5. The molecular formula is C20H28F2O2.